The number of nitrogens with zero attached hydrogens (tertiary/aromatic N) is 1. The van der Waals surface area contributed by atoms with Gasteiger partial charge in [0.2, 0.25) is 0 Å². The molecule has 0 aromatic heterocycles. The highest BCUT2D eigenvalue weighted by Gasteiger charge is 2.13. The molecule has 1 rings (SSSR count). The molecule has 0 radical (unpaired) electrons. The molecule has 0 bridgehead atoms. The first kappa shape index (κ1) is 13.0. The van der Waals surface area contributed by atoms with E-state index in [0.29, 0.717) is 17.8 Å². The summed E-state index contributed by atoms with van der Waals surface area (Å²) in [6, 6.07) is 9.53. The van der Waals surface area contributed by atoms with Gasteiger partial charge in [-0.25, -0.2) is 4.79 Å². The lowest BCUT2D eigenvalue weighted by molar-refractivity contribution is -0.138. The minimum absolute atomic E-state index is 0.308. The fourth-order valence-corrected chi connectivity index (χ4v) is 1.43. The number of benzene rings is 1. The maximum absolute atomic E-state index is 11.6. The summed E-state index contributed by atoms with van der Waals surface area (Å²) < 4.78 is 4.88. The molecular weight excluding hydrogens is 214 g/mol. The van der Waals surface area contributed by atoms with Crippen LogP contribution >= 0.6 is 0 Å². The van der Waals surface area contributed by atoms with Crippen LogP contribution in [-0.4, -0.2) is 12.6 Å². The predicted octanol–water partition coefficient (Wildman–Crippen LogP) is 2.86. The largest absolute Gasteiger partial charge is 0.463 e. The van der Waals surface area contributed by atoms with Crippen molar-refractivity contribution in [3.63, 3.8) is 0 Å². The molecule has 17 heavy (non-hydrogen) atoms. The summed E-state index contributed by atoms with van der Waals surface area (Å²) in [5, 5.41) is 9.12. The molecule has 1 aromatic rings. The first-order valence-electron chi connectivity index (χ1n) is 5.45. The van der Waals surface area contributed by atoms with Crippen molar-refractivity contribution in [1.29, 1.82) is 5.26 Å². The van der Waals surface area contributed by atoms with E-state index in [2.05, 4.69) is 6.07 Å². The molecule has 0 aliphatic carbocycles. The highest BCUT2D eigenvalue weighted by atomic mass is 16.5. The summed E-state index contributed by atoms with van der Waals surface area (Å²) in [6.45, 7) is 5.63. The Labute approximate surface area is 101 Å². The van der Waals surface area contributed by atoms with E-state index in [-0.39, 0.29) is 0 Å². The monoisotopic (exact) mass is 229 g/mol. The number of hydrogen-bond donors (Lipinski definition) is 0. The van der Waals surface area contributed by atoms with E-state index < -0.39 is 5.97 Å². The smallest absolute Gasteiger partial charge is 0.335 e. The average molecular weight is 229 g/mol. The van der Waals surface area contributed by atoms with Gasteiger partial charge in [0.25, 0.3) is 0 Å². The van der Waals surface area contributed by atoms with E-state index >= 15 is 0 Å². The van der Waals surface area contributed by atoms with Crippen molar-refractivity contribution in [1.82, 2.24) is 0 Å². The van der Waals surface area contributed by atoms with Crippen molar-refractivity contribution in [3.05, 3.63) is 41.0 Å². The maximum Gasteiger partial charge on any atom is 0.335 e. The summed E-state index contributed by atoms with van der Waals surface area (Å²) in [4.78, 5) is 11.6. The minimum atomic E-state index is -0.440. The molecule has 0 spiro atoms. The van der Waals surface area contributed by atoms with Gasteiger partial charge in [0, 0.05) is 0 Å². The Morgan fingerprint density at radius 3 is 2.41 bits per heavy atom. The fraction of sp³-hybridized carbons (Fsp3) is 0.286. The molecule has 0 N–H and O–H groups in total. The van der Waals surface area contributed by atoms with Gasteiger partial charge in [-0.05, 0) is 26.3 Å². The van der Waals surface area contributed by atoms with Crippen LogP contribution in [0, 0.1) is 18.3 Å². The van der Waals surface area contributed by atoms with Crippen LogP contribution in [0.4, 0.5) is 0 Å². The zero-order valence-corrected chi connectivity index (χ0v) is 10.3. The van der Waals surface area contributed by atoms with E-state index in [0.717, 1.165) is 11.1 Å². The van der Waals surface area contributed by atoms with Crippen LogP contribution in [0.15, 0.2) is 29.8 Å². The molecule has 88 valence electrons. The first-order valence-corrected chi connectivity index (χ1v) is 5.45. The van der Waals surface area contributed by atoms with Crippen molar-refractivity contribution in [2.75, 3.05) is 6.61 Å². The highest BCUT2D eigenvalue weighted by molar-refractivity contribution is 6.00. The van der Waals surface area contributed by atoms with Gasteiger partial charge in [0.1, 0.15) is 6.07 Å². The second kappa shape index (κ2) is 5.86. The molecule has 3 heteroatoms. The topological polar surface area (TPSA) is 50.1 Å². The Morgan fingerprint density at radius 1 is 1.35 bits per heavy atom. The van der Waals surface area contributed by atoms with Gasteiger partial charge in [0.05, 0.1) is 17.8 Å². The SMILES string of the molecule is CCOC(=O)/C(C)=C(/C#N)c1ccc(C)cc1. The summed E-state index contributed by atoms with van der Waals surface area (Å²) in [5.41, 5.74) is 2.56. The van der Waals surface area contributed by atoms with Crippen LogP contribution in [0.1, 0.15) is 25.0 Å². The first-order chi connectivity index (χ1) is 8.10. The normalized spacial score (nSPS) is 11.4. The molecule has 0 aliphatic rings. The summed E-state index contributed by atoms with van der Waals surface area (Å²) in [5.74, 6) is -0.440. The van der Waals surface area contributed by atoms with Crippen molar-refractivity contribution in [3.8, 4) is 6.07 Å². The molecule has 3 nitrogen and oxygen atoms in total. The molecule has 0 atom stereocenters. The highest BCUT2D eigenvalue weighted by Crippen LogP contribution is 2.19. The molecule has 0 saturated heterocycles. The Balaban J connectivity index is 3.15. The number of hydrogen-bond acceptors (Lipinski definition) is 3. The molecule has 0 fully saturated rings. The van der Waals surface area contributed by atoms with Crippen LogP contribution in [-0.2, 0) is 9.53 Å². The lowest BCUT2D eigenvalue weighted by Crippen LogP contribution is -2.07. The molecule has 1 aromatic carbocycles. The van der Waals surface area contributed by atoms with E-state index in [1.807, 2.05) is 31.2 Å². The Bertz CT molecular complexity index is 478. The van der Waals surface area contributed by atoms with Crippen LogP contribution in [0.3, 0.4) is 0 Å². The quantitative estimate of drug-likeness (QED) is 0.455. The number of carbonyl (C=O) groups excluding carboxylic acids is 1. The number of rotatable bonds is 3. The molecule has 0 amide bonds. The second-order valence-electron chi connectivity index (χ2n) is 3.70. The number of aryl methyl sites for hydroxylation is 1. The Kier molecular flexibility index (Phi) is 4.47. The third-order valence-electron chi connectivity index (χ3n) is 2.41. The third-order valence-corrected chi connectivity index (χ3v) is 2.41. The standard InChI is InChI=1S/C14H15NO2/c1-4-17-14(16)11(3)13(9-15)12-7-5-10(2)6-8-12/h5-8H,4H2,1-3H3/b13-11-. The lowest BCUT2D eigenvalue weighted by atomic mass is 10.0. The van der Waals surface area contributed by atoms with Gasteiger partial charge < -0.3 is 4.74 Å². The van der Waals surface area contributed by atoms with Crippen molar-refractivity contribution >= 4 is 11.5 Å². The summed E-state index contributed by atoms with van der Waals surface area (Å²) >= 11 is 0. The number of carbonyl (C=O) groups is 1. The van der Waals surface area contributed by atoms with Gasteiger partial charge >= 0.3 is 5.97 Å². The predicted molar refractivity (Wildman–Crippen MR) is 66.0 cm³/mol. The van der Waals surface area contributed by atoms with Gasteiger partial charge in [-0.15, -0.1) is 0 Å². The van der Waals surface area contributed by atoms with Gasteiger partial charge in [-0.2, -0.15) is 5.26 Å². The molecule has 0 unspecified atom stereocenters. The van der Waals surface area contributed by atoms with Crippen molar-refractivity contribution in [2.45, 2.75) is 20.8 Å². The van der Waals surface area contributed by atoms with Crippen LogP contribution in [0.25, 0.3) is 5.57 Å². The van der Waals surface area contributed by atoms with Crippen LogP contribution in [0.2, 0.25) is 0 Å². The van der Waals surface area contributed by atoms with Crippen LogP contribution in [0.5, 0.6) is 0 Å². The van der Waals surface area contributed by atoms with Gasteiger partial charge in [-0.1, -0.05) is 29.8 Å². The van der Waals surface area contributed by atoms with Gasteiger partial charge in [-0.3, -0.25) is 0 Å². The number of allylic oxidation sites excluding steroid dienone is 1. The maximum atomic E-state index is 11.6. The second-order valence-corrected chi connectivity index (χ2v) is 3.70. The minimum Gasteiger partial charge on any atom is -0.463 e. The van der Waals surface area contributed by atoms with E-state index in [4.69, 9.17) is 10.00 Å². The Hall–Kier alpha value is -2.08. The van der Waals surface area contributed by atoms with Crippen molar-refractivity contribution < 1.29 is 9.53 Å². The Morgan fingerprint density at radius 2 is 1.94 bits per heavy atom. The van der Waals surface area contributed by atoms with Gasteiger partial charge in [0.15, 0.2) is 0 Å². The molecule has 0 heterocycles. The van der Waals surface area contributed by atoms with E-state index in [9.17, 15) is 4.79 Å². The average Bonchev–Trinajstić information content (AvgIpc) is 2.32. The summed E-state index contributed by atoms with van der Waals surface area (Å²) in [6.07, 6.45) is 0. The van der Waals surface area contributed by atoms with Crippen LogP contribution < -0.4 is 0 Å². The van der Waals surface area contributed by atoms with E-state index in [1.54, 1.807) is 13.8 Å². The number of ether oxygens (including phenoxy) is 1. The number of nitriles is 1. The zero-order valence-electron chi connectivity index (χ0n) is 10.3. The van der Waals surface area contributed by atoms with E-state index in [1.165, 1.54) is 0 Å². The zero-order chi connectivity index (χ0) is 12.8. The fourth-order valence-electron chi connectivity index (χ4n) is 1.43. The molecular formula is C14H15NO2. The third kappa shape index (κ3) is 3.18. The number of esters is 1. The molecule has 0 saturated carbocycles. The molecule has 0 aliphatic heterocycles. The lowest BCUT2D eigenvalue weighted by Gasteiger charge is -2.05. The summed E-state index contributed by atoms with van der Waals surface area (Å²) in [7, 11) is 0. The van der Waals surface area contributed by atoms with Crippen molar-refractivity contribution in [2.24, 2.45) is 0 Å².